The second-order valence-electron chi connectivity index (χ2n) is 9.84. The van der Waals surface area contributed by atoms with Gasteiger partial charge in [0.25, 0.3) is 0 Å². The number of hydroxylamine groups is 2. The highest BCUT2D eigenvalue weighted by Crippen LogP contribution is 2.40. The highest BCUT2D eigenvalue weighted by atomic mass is 32.2. The summed E-state index contributed by atoms with van der Waals surface area (Å²) >= 11 is 0. The lowest BCUT2D eigenvalue weighted by atomic mass is 9.80. The van der Waals surface area contributed by atoms with Crippen LogP contribution in [0.15, 0.2) is 65.6 Å². The molecule has 0 aliphatic carbocycles. The van der Waals surface area contributed by atoms with E-state index in [0.717, 1.165) is 18.4 Å². The Labute approximate surface area is 219 Å². The summed E-state index contributed by atoms with van der Waals surface area (Å²) in [6, 6.07) is 18.2. The highest BCUT2D eigenvalue weighted by Gasteiger charge is 2.48. The van der Waals surface area contributed by atoms with Crippen LogP contribution in [0.5, 0.6) is 0 Å². The molecule has 5 atom stereocenters. The van der Waals surface area contributed by atoms with Gasteiger partial charge in [0.1, 0.15) is 0 Å². The number of sulfone groups is 1. The van der Waals surface area contributed by atoms with Crippen LogP contribution in [-0.4, -0.2) is 68.3 Å². The normalized spacial score (nSPS) is 24.9. The Morgan fingerprint density at radius 2 is 1.81 bits per heavy atom. The van der Waals surface area contributed by atoms with Gasteiger partial charge >= 0.3 is 5.97 Å². The second-order valence-corrected chi connectivity index (χ2v) is 12.0. The number of methoxy groups -OCH3 is 1. The van der Waals surface area contributed by atoms with Gasteiger partial charge in [-0.3, -0.25) is 4.84 Å². The maximum Gasteiger partial charge on any atom is 0.337 e. The van der Waals surface area contributed by atoms with Crippen LogP contribution in [0, 0.1) is 5.92 Å². The quantitative estimate of drug-likeness (QED) is 0.328. The number of hydrogen-bond donors (Lipinski definition) is 1. The Hall–Kier alpha value is -2.30. The van der Waals surface area contributed by atoms with Crippen LogP contribution < -0.4 is 0 Å². The molecule has 0 unspecified atom stereocenters. The van der Waals surface area contributed by atoms with Gasteiger partial charge in [-0.2, -0.15) is 5.06 Å². The first-order chi connectivity index (χ1) is 17.9. The molecule has 8 nitrogen and oxygen atoms in total. The van der Waals surface area contributed by atoms with E-state index in [1.807, 2.05) is 35.4 Å². The molecule has 0 bridgehead atoms. The lowest BCUT2D eigenvalue weighted by molar-refractivity contribution is -0.227. The van der Waals surface area contributed by atoms with E-state index in [1.54, 1.807) is 30.3 Å². The zero-order valence-electron chi connectivity index (χ0n) is 21.3. The van der Waals surface area contributed by atoms with Gasteiger partial charge in [-0.1, -0.05) is 48.5 Å². The molecule has 2 aromatic carbocycles. The molecular weight excluding hydrogens is 494 g/mol. The minimum Gasteiger partial charge on any atom is -0.467 e. The summed E-state index contributed by atoms with van der Waals surface area (Å²) in [7, 11) is -2.06. The van der Waals surface area contributed by atoms with Crippen LogP contribution in [0.25, 0.3) is 0 Å². The van der Waals surface area contributed by atoms with Crippen molar-refractivity contribution in [3.63, 3.8) is 0 Å². The van der Waals surface area contributed by atoms with E-state index in [0.29, 0.717) is 43.8 Å². The number of aliphatic hydroxyl groups excluding tert-OH is 1. The molecule has 2 aromatic rings. The zero-order chi connectivity index (χ0) is 26.3. The predicted octanol–water partition coefficient (Wildman–Crippen LogP) is 3.53. The molecule has 0 radical (unpaired) electrons. The summed E-state index contributed by atoms with van der Waals surface area (Å²) in [6.45, 7) is 0.897. The fourth-order valence-electron chi connectivity index (χ4n) is 5.46. The van der Waals surface area contributed by atoms with Crippen LogP contribution in [0.2, 0.25) is 0 Å². The molecule has 0 amide bonds. The molecule has 2 fully saturated rings. The Kier molecular flexibility index (Phi) is 9.72. The molecular formula is C28H37NO7S. The summed E-state index contributed by atoms with van der Waals surface area (Å²) < 4.78 is 36.3. The van der Waals surface area contributed by atoms with Crippen LogP contribution in [0.4, 0.5) is 0 Å². The van der Waals surface area contributed by atoms with Gasteiger partial charge < -0.3 is 14.6 Å². The van der Waals surface area contributed by atoms with Gasteiger partial charge in [0.05, 0.1) is 30.5 Å². The molecule has 0 saturated carbocycles. The summed E-state index contributed by atoms with van der Waals surface area (Å²) in [6.07, 6.45) is 2.22. The number of carbonyl (C=O) groups is 1. The molecule has 1 N–H and O–H groups in total. The topological polar surface area (TPSA) is 102 Å². The van der Waals surface area contributed by atoms with E-state index >= 15 is 0 Å². The average Bonchev–Trinajstić information content (AvgIpc) is 3.36. The van der Waals surface area contributed by atoms with Crippen molar-refractivity contribution in [3.05, 3.63) is 66.2 Å². The lowest BCUT2D eigenvalue weighted by Gasteiger charge is -2.43. The summed E-state index contributed by atoms with van der Waals surface area (Å²) in [5.74, 6) is -0.520. The number of piperidine rings is 1. The fraction of sp³-hybridized carbons (Fsp3) is 0.536. The van der Waals surface area contributed by atoms with Crippen molar-refractivity contribution in [3.8, 4) is 0 Å². The molecule has 2 aliphatic rings. The van der Waals surface area contributed by atoms with Crippen molar-refractivity contribution in [2.45, 2.75) is 74.3 Å². The van der Waals surface area contributed by atoms with Gasteiger partial charge in [-0.25, -0.2) is 13.2 Å². The highest BCUT2D eigenvalue weighted by molar-refractivity contribution is 7.91. The summed E-state index contributed by atoms with van der Waals surface area (Å²) in [5.41, 5.74) is 1.08. The molecule has 4 rings (SSSR count). The first-order valence-electron chi connectivity index (χ1n) is 13.0. The molecule has 2 heterocycles. The number of hydrogen-bond acceptors (Lipinski definition) is 8. The molecule has 9 heteroatoms. The predicted molar refractivity (Wildman–Crippen MR) is 138 cm³/mol. The fourth-order valence-corrected chi connectivity index (χ4v) is 6.81. The molecule has 37 heavy (non-hydrogen) atoms. The monoisotopic (exact) mass is 531 g/mol. The van der Waals surface area contributed by atoms with Crippen LogP contribution in [0.1, 0.15) is 44.1 Å². The zero-order valence-corrected chi connectivity index (χ0v) is 22.1. The number of benzene rings is 2. The van der Waals surface area contributed by atoms with Gasteiger partial charge in [0, 0.05) is 31.0 Å². The standard InChI is InChI=1S/C28H37NO7S/c1-34-28(31)27-19-22-14-15-24(26(30)16-17-35-20-21-9-4-2-5-10-21)25(29(22)36-27)13-8-18-37(32,33)23-11-6-3-7-12-23/h2-7,9-12,22,24-27,30H,8,13-20H2,1H3/t22-,24-,25-,26+,27+/m1/s1. The SMILES string of the molecule is COC(=O)[C@@H]1C[C@H]2CC[C@@H]([C@@H](O)CCOCc3ccccc3)[C@@H](CCCS(=O)(=O)c3ccccc3)N2O1. The Balaban J connectivity index is 1.38. The van der Waals surface area contributed by atoms with E-state index in [-0.39, 0.29) is 23.8 Å². The van der Waals surface area contributed by atoms with Gasteiger partial charge in [-0.15, -0.1) is 0 Å². The molecule has 0 spiro atoms. The van der Waals surface area contributed by atoms with Gasteiger partial charge in [0.2, 0.25) is 0 Å². The maximum atomic E-state index is 12.8. The molecule has 202 valence electrons. The van der Waals surface area contributed by atoms with E-state index in [2.05, 4.69) is 0 Å². The number of carbonyl (C=O) groups excluding carboxylic acids is 1. The first-order valence-corrected chi connectivity index (χ1v) is 14.6. The lowest BCUT2D eigenvalue weighted by Crippen LogP contribution is -2.51. The third-order valence-electron chi connectivity index (χ3n) is 7.39. The number of ether oxygens (including phenoxy) is 2. The van der Waals surface area contributed by atoms with Gasteiger partial charge in [-0.05, 0) is 49.8 Å². The minimum absolute atomic E-state index is 0.00938. The van der Waals surface area contributed by atoms with E-state index in [4.69, 9.17) is 14.3 Å². The number of aliphatic hydroxyl groups is 1. The minimum atomic E-state index is -3.41. The van der Waals surface area contributed by atoms with Gasteiger partial charge in [0.15, 0.2) is 15.9 Å². The number of rotatable bonds is 12. The van der Waals surface area contributed by atoms with Crippen molar-refractivity contribution in [1.29, 1.82) is 0 Å². The molecule has 2 aliphatic heterocycles. The van der Waals surface area contributed by atoms with E-state index in [1.165, 1.54) is 7.11 Å². The molecule has 2 saturated heterocycles. The summed E-state index contributed by atoms with van der Waals surface area (Å²) in [5, 5.41) is 13.0. The van der Waals surface area contributed by atoms with Crippen LogP contribution in [-0.2, 0) is 35.5 Å². The van der Waals surface area contributed by atoms with Crippen molar-refractivity contribution < 1.29 is 32.6 Å². The third kappa shape index (κ3) is 7.18. The van der Waals surface area contributed by atoms with E-state index in [9.17, 15) is 18.3 Å². The maximum absolute atomic E-state index is 12.8. The van der Waals surface area contributed by atoms with Crippen LogP contribution >= 0.6 is 0 Å². The number of esters is 1. The van der Waals surface area contributed by atoms with Crippen molar-refractivity contribution in [2.24, 2.45) is 5.92 Å². The second kappa shape index (κ2) is 13.0. The van der Waals surface area contributed by atoms with Crippen molar-refractivity contribution in [1.82, 2.24) is 5.06 Å². The van der Waals surface area contributed by atoms with Crippen molar-refractivity contribution >= 4 is 15.8 Å². The average molecular weight is 532 g/mol. The van der Waals surface area contributed by atoms with Crippen LogP contribution in [0.3, 0.4) is 0 Å². The number of nitrogens with zero attached hydrogens (tertiary/aromatic N) is 1. The Morgan fingerprint density at radius 1 is 1.11 bits per heavy atom. The third-order valence-corrected chi connectivity index (χ3v) is 9.21. The van der Waals surface area contributed by atoms with E-state index < -0.39 is 28.0 Å². The Bertz CT molecular complexity index is 1100. The first kappa shape index (κ1) is 27.7. The Morgan fingerprint density at radius 3 is 2.51 bits per heavy atom. The van der Waals surface area contributed by atoms with Crippen molar-refractivity contribution in [2.75, 3.05) is 19.5 Å². The smallest absolute Gasteiger partial charge is 0.337 e. The largest absolute Gasteiger partial charge is 0.467 e. The molecule has 0 aromatic heterocycles. The number of fused-ring (bicyclic) bond motifs is 1. The summed E-state index contributed by atoms with van der Waals surface area (Å²) in [4.78, 5) is 18.5.